The molecule has 1 aliphatic rings. The van der Waals surface area contributed by atoms with Gasteiger partial charge in [0, 0.05) is 56.5 Å². The maximum absolute atomic E-state index is 4.79. The number of rotatable bonds is 8. The second-order valence-electron chi connectivity index (χ2n) is 8.02. The van der Waals surface area contributed by atoms with E-state index in [9.17, 15) is 0 Å². The van der Waals surface area contributed by atoms with Crippen LogP contribution in [0.15, 0.2) is 40.7 Å². The number of benzene rings is 1. The maximum atomic E-state index is 4.79. The molecule has 3 rings (SSSR count). The summed E-state index contributed by atoms with van der Waals surface area (Å²) in [5.74, 6) is 1.44. The van der Waals surface area contributed by atoms with Crippen molar-refractivity contribution in [3.63, 3.8) is 0 Å². The zero-order chi connectivity index (χ0) is 20.5. The van der Waals surface area contributed by atoms with Gasteiger partial charge in [-0.15, -0.1) is 11.3 Å². The summed E-state index contributed by atoms with van der Waals surface area (Å²) in [6, 6.07) is 11.3. The molecule has 0 bridgehead atoms. The topological polar surface area (TPSA) is 52.6 Å². The van der Waals surface area contributed by atoms with Gasteiger partial charge in [0.2, 0.25) is 0 Å². The average Bonchev–Trinajstić information content (AvgIpc) is 3.20. The van der Waals surface area contributed by atoms with E-state index in [1.54, 1.807) is 11.3 Å². The third-order valence-corrected chi connectivity index (χ3v) is 6.42. The third kappa shape index (κ3) is 7.12. The number of hydrogen-bond acceptors (Lipinski definition) is 4. The van der Waals surface area contributed by atoms with Gasteiger partial charge in [-0.25, -0.2) is 4.98 Å². The molecule has 1 fully saturated rings. The highest BCUT2D eigenvalue weighted by Gasteiger charge is 2.20. The Morgan fingerprint density at radius 2 is 2.00 bits per heavy atom. The second kappa shape index (κ2) is 11.3. The Morgan fingerprint density at radius 3 is 2.66 bits per heavy atom. The van der Waals surface area contributed by atoms with Crippen LogP contribution in [0.2, 0.25) is 0 Å². The van der Waals surface area contributed by atoms with Crippen molar-refractivity contribution in [2.45, 2.75) is 58.5 Å². The van der Waals surface area contributed by atoms with Crippen molar-refractivity contribution < 1.29 is 0 Å². The molecular weight excluding hydrogens is 378 g/mol. The molecule has 0 radical (unpaired) electrons. The number of likely N-dealkylation sites (tertiary alicyclic amines) is 1. The van der Waals surface area contributed by atoms with Crippen LogP contribution in [0.5, 0.6) is 0 Å². The van der Waals surface area contributed by atoms with E-state index >= 15 is 0 Å². The lowest BCUT2D eigenvalue weighted by Gasteiger charge is -2.33. The number of thiazole rings is 1. The third-order valence-electron chi connectivity index (χ3n) is 5.22. The molecule has 2 aromatic rings. The van der Waals surface area contributed by atoms with Crippen molar-refractivity contribution in [1.29, 1.82) is 0 Å². The lowest BCUT2D eigenvalue weighted by atomic mass is 10.0. The van der Waals surface area contributed by atoms with Gasteiger partial charge in [-0.1, -0.05) is 44.2 Å². The number of nitrogens with one attached hydrogen (secondary N) is 2. The van der Waals surface area contributed by atoms with Gasteiger partial charge in [0.05, 0.1) is 10.7 Å². The number of nitrogens with zero attached hydrogens (tertiary/aromatic N) is 3. The SMILES string of the molecule is CCNC(=NCCc1csc(C(C)C)n1)NC1CCN(Cc2ccccc2)CC1. The molecule has 0 unspecified atom stereocenters. The fourth-order valence-corrected chi connectivity index (χ4v) is 4.44. The second-order valence-corrected chi connectivity index (χ2v) is 8.91. The molecule has 0 atom stereocenters. The van der Waals surface area contributed by atoms with Crippen LogP contribution in [-0.4, -0.2) is 48.1 Å². The number of aromatic nitrogens is 1. The van der Waals surface area contributed by atoms with Gasteiger partial charge < -0.3 is 10.6 Å². The summed E-state index contributed by atoms with van der Waals surface area (Å²) >= 11 is 1.76. The van der Waals surface area contributed by atoms with E-state index in [1.807, 2.05) is 0 Å². The molecule has 1 saturated heterocycles. The van der Waals surface area contributed by atoms with E-state index < -0.39 is 0 Å². The van der Waals surface area contributed by atoms with Crippen LogP contribution < -0.4 is 10.6 Å². The first kappa shape index (κ1) is 21.8. The van der Waals surface area contributed by atoms with Crippen molar-refractivity contribution in [1.82, 2.24) is 20.5 Å². The molecule has 1 aromatic heterocycles. The highest BCUT2D eigenvalue weighted by Crippen LogP contribution is 2.19. The highest BCUT2D eigenvalue weighted by molar-refractivity contribution is 7.09. The number of piperidine rings is 1. The largest absolute Gasteiger partial charge is 0.357 e. The monoisotopic (exact) mass is 413 g/mol. The van der Waals surface area contributed by atoms with Gasteiger partial charge in [-0.3, -0.25) is 9.89 Å². The molecule has 2 heterocycles. The van der Waals surface area contributed by atoms with Gasteiger partial charge in [0.15, 0.2) is 5.96 Å². The predicted molar refractivity (Wildman–Crippen MR) is 124 cm³/mol. The quantitative estimate of drug-likeness (QED) is 0.507. The Hall–Kier alpha value is -1.92. The van der Waals surface area contributed by atoms with Gasteiger partial charge in [0.1, 0.15) is 0 Å². The molecule has 0 spiro atoms. The molecule has 1 aromatic carbocycles. The Balaban J connectivity index is 1.44. The molecule has 6 heteroatoms. The molecular formula is C23H35N5S. The molecule has 29 heavy (non-hydrogen) atoms. The Kier molecular flexibility index (Phi) is 8.50. The molecule has 0 aliphatic carbocycles. The standard InChI is InChI=1S/C23H35N5S/c1-4-24-23(25-13-10-21-17-29-22(26-21)18(2)3)27-20-11-14-28(15-12-20)16-19-8-6-5-7-9-19/h5-9,17-18,20H,4,10-16H2,1-3H3,(H2,24,25,27). The lowest BCUT2D eigenvalue weighted by Crippen LogP contribution is -2.48. The normalized spacial score (nSPS) is 16.3. The van der Waals surface area contributed by atoms with E-state index in [2.05, 4.69) is 72.0 Å². The summed E-state index contributed by atoms with van der Waals surface area (Å²) in [5.41, 5.74) is 2.56. The van der Waals surface area contributed by atoms with Gasteiger partial charge in [-0.05, 0) is 25.3 Å². The van der Waals surface area contributed by atoms with E-state index in [-0.39, 0.29) is 0 Å². The minimum absolute atomic E-state index is 0.492. The van der Waals surface area contributed by atoms with Crippen molar-refractivity contribution in [3.05, 3.63) is 52.0 Å². The average molecular weight is 414 g/mol. The smallest absolute Gasteiger partial charge is 0.191 e. The minimum atomic E-state index is 0.492. The molecule has 5 nitrogen and oxygen atoms in total. The fourth-order valence-electron chi connectivity index (χ4n) is 3.58. The highest BCUT2D eigenvalue weighted by atomic mass is 32.1. The molecule has 158 valence electrons. The first-order valence-corrected chi connectivity index (χ1v) is 11.8. The summed E-state index contributed by atoms with van der Waals surface area (Å²) < 4.78 is 0. The van der Waals surface area contributed by atoms with Gasteiger partial charge in [0.25, 0.3) is 0 Å². The van der Waals surface area contributed by atoms with Crippen molar-refractivity contribution in [3.8, 4) is 0 Å². The molecule has 0 saturated carbocycles. The van der Waals surface area contributed by atoms with Crippen LogP contribution >= 0.6 is 11.3 Å². The minimum Gasteiger partial charge on any atom is -0.357 e. The van der Waals surface area contributed by atoms with Gasteiger partial charge in [-0.2, -0.15) is 0 Å². The first-order chi connectivity index (χ1) is 14.1. The predicted octanol–water partition coefficient (Wildman–Crippen LogP) is 4.03. The molecule has 1 aliphatic heterocycles. The molecule has 2 N–H and O–H groups in total. The lowest BCUT2D eigenvalue weighted by molar-refractivity contribution is 0.198. The summed E-state index contributed by atoms with van der Waals surface area (Å²) in [4.78, 5) is 12.1. The van der Waals surface area contributed by atoms with Gasteiger partial charge >= 0.3 is 0 Å². The van der Waals surface area contributed by atoms with Crippen molar-refractivity contribution >= 4 is 17.3 Å². The van der Waals surface area contributed by atoms with Crippen LogP contribution in [-0.2, 0) is 13.0 Å². The van der Waals surface area contributed by atoms with Crippen LogP contribution in [0.25, 0.3) is 0 Å². The molecule has 0 amide bonds. The maximum Gasteiger partial charge on any atom is 0.191 e. The van der Waals surface area contributed by atoms with Crippen LogP contribution in [0.3, 0.4) is 0 Å². The van der Waals surface area contributed by atoms with E-state index in [1.165, 1.54) is 10.6 Å². The zero-order valence-electron chi connectivity index (χ0n) is 18.0. The zero-order valence-corrected chi connectivity index (χ0v) is 18.8. The fraction of sp³-hybridized carbons (Fsp3) is 0.565. The Bertz CT molecular complexity index is 748. The van der Waals surface area contributed by atoms with Crippen LogP contribution in [0.1, 0.15) is 55.8 Å². The van der Waals surface area contributed by atoms with Crippen LogP contribution in [0, 0.1) is 0 Å². The van der Waals surface area contributed by atoms with Crippen molar-refractivity contribution in [2.75, 3.05) is 26.2 Å². The number of aliphatic imine (C=N–C) groups is 1. The van der Waals surface area contributed by atoms with E-state index in [0.717, 1.165) is 63.6 Å². The summed E-state index contributed by atoms with van der Waals surface area (Å²) in [6.45, 7) is 11.5. The van der Waals surface area contributed by atoms with Crippen molar-refractivity contribution in [2.24, 2.45) is 4.99 Å². The number of hydrogen-bond donors (Lipinski definition) is 2. The first-order valence-electron chi connectivity index (χ1n) is 10.9. The summed E-state index contributed by atoms with van der Waals surface area (Å²) in [5, 5.41) is 10.4. The Labute approximate surface area is 179 Å². The summed E-state index contributed by atoms with van der Waals surface area (Å²) in [7, 11) is 0. The van der Waals surface area contributed by atoms with E-state index in [4.69, 9.17) is 9.98 Å². The Morgan fingerprint density at radius 1 is 1.24 bits per heavy atom. The summed E-state index contributed by atoms with van der Waals surface area (Å²) in [6.07, 6.45) is 3.21. The number of guanidine groups is 1. The van der Waals surface area contributed by atoms with Crippen LogP contribution in [0.4, 0.5) is 0 Å². The van der Waals surface area contributed by atoms with E-state index in [0.29, 0.717) is 12.0 Å².